The van der Waals surface area contributed by atoms with Crippen molar-refractivity contribution in [2.45, 2.75) is 19.9 Å². The summed E-state index contributed by atoms with van der Waals surface area (Å²) < 4.78 is 6.70. The lowest BCUT2D eigenvalue weighted by Gasteiger charge is -2.10. The molecule has 0 aliphatic carbocycles. The molecule has 6 nitrogen and oxygen atoms in total. The molecule has 0 saturated carbocycles. The zero-order valence-corrected chi connectivity index (χ0v) is 12.7. The van der Waals surface area contributed by atoms with Gasteiger partial charge in [-0.15, -0.1) is 0 Å². The first-order chi connectivity index (χ1) is 10.6. The Morgan fingerprint density at radius 2 is 2.14 bits per heavy atom. The summed E-state index contributed by atoms with van der Waals surface area (Å²) in [6.07, 6.45) is 3.24. The van der Waals surface area contributed by atoms with Crippen molar-refractivity contribution in [3.8, 4) is 5.75 Å². The third-order valence-corrected chi connectivity index (χ3v) is 3.29. The Hall–Kier alpha value is -2.63. The maximum Gasteiger partial charge on any atom is 0.256 e. The summed E-state index contributed by atoms with van der Waals surface area (Å²) in [6.45, 7) is 2.48. The molecule has 0 atom stereocenters. The highest BCUT2D eigenvalue weighted by atomic mass is 16.5. The monoisotopic (exact) mass is 301 g/mol. The smallest absolute Gasteiger partial charge is 0.256 e. The first-order valence-corrected chi connectivity index (χ1v) is 7.01. The van der Waals surface area contributed by atoms with E-state index < -0.39 is 0 Å². The Bertz CT molecular complexity index is 710. The van der Waals surface area contributed by atoms with E-state index in [1.54, 1.807) is 14.0 Å². The van der Waals surface area contributed by atoms with Crippen LogP contribution in [-0.4, -0.2) is 29.1 Å². The van der Waals surface area contributed by atoms with E-state index in [0.717, 1.165) is 5.56 Å². The molecule has 1 aromatic heterocycles. The molecular weight excluding hydrogens is 282 g/mol. The van der Waals surface area contributed by atoms with Crippen LogP contribution in [0.1, 0.15) is 11.1 Å². The number of para-hydroxylation sites is 1. The van der Waals surface area contributed by atoms with Gasteiger partial charge in [0, 0.05) is 30.4 Å². The normalized spacial score (nSPS) is 10.3. The number of rotatable bonds is 6. The van der Waals surface area contributed by atoms with Gasteiger partial charge in [0.15, 0.2) is 0 Å². The molecule has 1 amide bonds. The second-order valence-electron chi connectivity index (χ2n) is 4.91. The number of methoxy groups -OCH3 is 1. The molecule has 0 aliphatic heterocycles. The third kappa shape index (κ3) is 3.94. The minimum absolute atomic E-state index is 0.0889. The van der Waals surface area contributed by atoms with Gasteiger partial charge in [-0.1, -0.05) is 18.2 Å². The SMILES string of the molecule is COc1ccccc1CC(=O)NCCn1cncc(C)c1=O. The number of aryl methyl sites for hydroxylation is 1. The summed E-state index contributed by atoms with van der Waals surface area (Å²) in [5.74, 6) is 0.579. The number of hydrogen-bond donors (Lipinski definition) is 1. The molecular formula is C16H19N3O3. The molecule has 0 radical (unpaired) electrons. The van der Waals surface area contributed by atoms with Gasteiger partial charge in [-0.05, 0) is 13.0 Å². The highest BCUT2D eigenvalue weighted by Gasteiger charge is 2.08. The van der Waals surface area contributed by atoms with Crippen molar-refractivity contribution in [1.29, 1.82) is 0 Å². The summed E-state index contributed by atoms with van der Waals surface area (Å²) in [5.41, 5.74) is 1.33. The summed E-state index contributed by atoms with van der Waals surface area (Å²) in [4.78, 5) is 27.7. The fourth-order valence-electron chi connectivity index (χ4n) is 2.12. The zero-order valence-electron chi connectivity index (χ0n) is 12.7. The summed E-state index contributed by atoms with van der Waals surface area (Å²) in [6, 6.07) is 7.40. The first-order valence-electron chi connectivity index (χ1n) is 7.01. The number of carbonyl (C=O) groups excluding carboxylic acids is 1. The number of aromatic nitrogens is 2. The van der Waals surface area contributed by atoms with Crippen molar-refractivity contribution in [2.24, 2.45) is 0 Å². The summed E-state index contributed by atoms with van der Waals surface area (Å²) in [7, 11) is 1.58. The van der Waals surface area contributed by atoms with E-state index >= 15 is 0 Å². The van der Waals surface area contributed by atoms with E-state index in [1.807, 2.05) is 24.3 Å². The van der Waals surface area contributed by atoms with Crippen LogP contribution in [0.4, 0.5) is 0 Å². The zero-order chi connectivity index (χ0) is 15.9. The fourth-order valence-corrected chi connectivity index (χ4v) is 2.12. The van der Waals surface area contributed by atoms with E-state index in [-0.39, 0.29) is 17.9 Å². The van der Waals surface area contributed by atoms with Gasteiger partial charge in [0.25, 0.3) is 5.56 Å². The predicted molar refractivity (Wildman–Crippen MR) is 82.9 cm³/mol. The molecule has 6 heteroatoms. The van der Waals surface area contributed by atoms with E-state index in [0.29, 0.717) is 24.4 Å². The molecule has 0 bridgehead atoms. The average Bonchev–Trinajstić information content (AvgIpc) is 2.52. The minimum Gasteiger partial charge on any atom is -0.496 e. The summed E-state index contributed by atoms with van der Waals surface area (Å²) >= 11 is 0. The van der Waals surface area contributed by atoms with Crippen molar-refractivity contribution in [3.05, 3.63) is 58.3 Å². The molecule has 22 heavy (non-hydrogen) atoms. The highest BCUT2D eigenvalue weighted by molar-refractivity contribution is 5.79. The second-order valence-corrected chi connectivity index (χ2v) is 4.91. The number of amides is 1. The van der Waals surface area contributed by atoms with Crippen molar-refractivity contribution in [2.75, 3.05) is 13.7 Å². The minimum atomic E-state index is -0.113. The van der Waals surface area contributed by atoms with Crippen LogP contribution in [-0.2, 0) is 17.8 Å². The molecule has 116 valence electrons. The lowest BCUT2D eigenvalue weighted by atomic mass is 10.1. The van der Waals surface area contributed by atoms with Crippen LogP contribution in [0, 0.1) is 6.92 Å². The molecule has 0 fully saturated rings. The molecule has 0 unspecified atom stereocenters. The first kappa shape index (κ1) is 15.8. The van der Waals surface area contributed by atoms with Crippen LogP contribution in [0.15, 0.2) is 41.6 Å². The average molecular weight is 301 g/mol. The number of ether oxygens (including phenoxy) is 1. The van der Waals surface area contributed by atoms with Crippen molar-refractivity contribution >= 4 is 5.91 Å². The van der Waals surface area contributed by atoms with Gasteiger partial charge in [0.1, 0.15) is 5.75 Å². The topological polar surface area (TPSA) is 73.2 Å². The molecule has 2 rings (SSSR count). The predicted octanol–water partition coefficient (Wildman–Crippen LogP) is 0.919. The van der Waals surface area contributed by atoms with Crippen LogP contribution in [0.25, 0.3) is 0 Å². The Labute approximate surface area is 128 Å². The quantitative estimate of drug-likeness (QED) is 0.861. The number of nitrogens with zero attached hydrogens (tertiary/aromatic N) is 2. The Kier molecular flexibility index (Phi) is 5.30. The second kappa shape index (κ2) is 7.40. The van der Waals surface area contributed by atoms with Gasteiger partial charge < -0.3 is 10.1 Å². The Morgan fingerprint density at radius 3 is 2.91 bits per heavy atom. The van der Waals surface area contributed by atoms with Gasteiger partial charge in [-0.25, -0.2) is 4.98 Å². The van der Waals surface area contributed by atoms with E-state index in [2.05, 4.69) is 10.3 Å². The van der Waals surface area contributed by atoms with Gasteiger partial charge >= 0.3 is 0 Å². The van der Waals surface area contributed by atoms with Crippen LogP contribution >= 0.6 is 0 Å². The molecule has 1 aromatic carbocycles. The number of benzene rings is 1. The van der Waals surface area contributed by atoms with Gasteiger partial charge in [-0.2, -0.15) is 0 Å². The van der Waals surface area contributed by atoms with E-state index in [1.165, 1.54) is 17.1 Å². The number of carbonyl (C=O) groups is 1. The van der Waals surface area contributed by atoms with Crippen LogP contribution in [0.2, 0.25) is 0 Å². The highest BCUT2D eigenvalue weighted by Crippen LogP contribution is 2.17. The lowest BCUT2D eigenvalue weighted by molar-refractivity contribution is -0.120. The van der Waals surface area contributed by atoms with Crippen LogP contribution in [0.5, 0.6) is 5.75 Å². The Morgan fingerprint density at radius 1 is 1.36 bits per heavy atom. The molecule has 1 heterocycles. The maximum atomic E-state index is 12.0. The Balaban J connectivity index is 1.88. The van der Waals surface area contributed by atoms with Crippen molar-refractivity contribution < 1.29 is 9.53 Å². The number of hydrogen-bond acceptors (Lipinski definition) is 4. The molecule has 2 aromatic rings. The molecule has 0 saturated heterocycles. The molecule has 1 N–H and O–H groups in total. The largest absolute Gasteiger partial charge is 0.496 e. The standard InChI is InChI=1S/C16H19N3O3/c1-12-10-17-11-19(16(12)21)8-7-18-15(20)9-13-5-3-4-6-14(13)22-2/h3-6,10-11H,7-9H2,1-2H3,(H,18,20). The van der Waals surface area contributed by atoms with Gasteiger partial charge in [0.2, 0.25) is 5.91 Å². The van der Waals surface area contributed by atoms with Crippen molar-refractivity contribution in [3.63, 3.8) is 0 Å². The van der Waals surface area contributed by atoms with E-state index in [9.17, 15) is 9.59 Å². The number of nitrogens with one attached hydrogen (secondary N) is 1. The van der Waals surface area contributed by atoms with Crippen LogP contribution in [0.3, 0.4) is 0 Å². The van der Waals surface area contributed by atoms with Crippen molar-refractivity contribution in [1.82, 2.24) is 14.9 Å². The lowest BCUT2D eigenvalue weighted by Crippen LogP contribution is -2.32. The fraction of sp³-hybridized carbons (Fsp3) is 0.312. The summed E-state index contributed by atoms with van der Waals surface area (Å²) in [5, 5.41) is 2.80. The molecule has 0 aliphatic rings. The van der Waals surface area contributed by atoms with Gasteiger partial charge in [-0.3, -0.25) is 14.2 Å². The van der Waals surface area contributed by atoms with Crippen LogP contribution < -0.4 is 15.6 Å². The third-order valence-electron chi connectivity index (χ3n) is 3.29. The van der Waals surface area contributed by atoms with E-state index in [4.69, 9.17) is 4.74 Å². The maximum absolute atomic E-state index is 12.0. The molecule has 0 spiro atoms. The van der Waals surface area contributed by atoms with Gasteiger partial charge in [0.05, 0.1) is 19.9 Å².